The van der Waals surface area contributed by atoms with Crippen LogP contribution in [-0.2, 0) is 9.59 Å². The molecule has 3 aromatic carbocycles. The highest BCUT2D eigenvalue weighted by atomic mass is 16.5. The highest BCUT2D eigenvalue weighted by Gasteiger charge is 2.24. The Kier molecular flexibility index (Phi) is 7.00. The first kappa shape index (κ1) is 24.5. The van der Waals surface area contributed by atoms with Crippen LogP contribution in [0.5, 0.6) is 11.5 Å². The lowest BCUT2D eigenvalue weighted by molar-refractivity contribution is -0.118. The van der Waals surface area contributed by atoms with Crippen molar-refractivity contribution in [1.29, 1.82) is 0 Å². The molecule has 1 aromatic heterocycles. The first-order valence-electron chi connectivity index (χ1n) is 11.2. The molecule has 0 bridgehead atoms. The third kappa shape index (κ3) is 4.76. The second kappa shape index (κ2) is 10.3. The zero-order chi connectivity index (χ0) is 25.8. The molecule has 0 radical (unpaired) electrons. The highest BCUT2D eigenvalue weighted by Crippen LogP contribution is 2.30. The van der Waals surface area contributed by atoms with Crippen LogP contribution in [0.2, 0.25) is 0 Å². The van der Waals surface area contributed by atoms with Crippen LogP contribution in [-0.4, -0.2) is 35.6 Å². The molecule has 0 fully saturated rings. The molecule has 0 saturated heterocycles. The number of nitrogens with zero attached hydrogens (tertiary/aromatic N) is 2. The number of para-hydroxylation sites is 3. The lowest BCUT2D eigenvalue weighted by atomic mass is 10.1. The normalized spacial score (nSPS) is 11.6. The summed E-state index contributed by atoms with van der Waals surface area (Å²) in [6.45, 7) is 3.03. The van der Waals surface area contributed by atoms with Crippen molar-refractivity contribution in [2.75, 3.05) is 24.9 Å². The van der Waals surface area contributed by atoms with Gasteiger partial charge in [-0.15, -0.1) is 0 Å². The number of benzene rings is 3. The topological polar surface area (TPSA) is 112 Å². The predicted molar refractivity (Wildman–Crippen MR) is 139 cm³/mol. The Balaban J connectivity index is 1.84. The van der Waals surface area contributed by atoms with Crippen molar-refractivity contribution in [3.05, 3.63) is 77.1 Å². The molecular formula is C27H26N4O5. The molecule has 2 N–H and O–H groups in total. The summed E-state index contributed by atoms with van der Waals surface area (Å²) < 4.78 is 12.0. The van der Waals surface area contributed by atoms with Crippen LogP contribution in [0.4, 0.5) is 11.4 Å². The van der Waals surface area contributed by atoms with Gasteiger partial charge < -0.3 is 20.1 Å². The summed E-state index contributed by atoms with van der Waals surface area (Å²) in [5.41, 5.74) is 2.01. The van der Waals surface area contributed by atoms with Crippen molar-refractivity contribution in [2.45, 2.75) is 19.9 Å². The smallest absolute Gasteiger partial charge is 0.278 e. The van der Waals surface area contributed by atoms with Gasteiger partial charge in [0.05, 0.1) is 36.6 Å². The zero-order valence-electron chi connectivity index (χ0n) is 20.4. The van der Waals surface area contributed by atoms with E-state index in [9.17, 15) is 14.4 Å². The van der Waals surface area contributed by atoms with Crippen molar-refractivity contribution in [3.8, 4) is 22.8 Å². The van der Waals surface area contributed by atoms with Crippen LogP contribution in [0.25, 0.3) is 22.3 Å². The van der Waals surface area contributed by atoms with E-state index in [2.05, 4.69) is 15.6 Å². The minimum atomic E-state index is -0.909. The lowest BCUT2D eigenvalue weighted by Crippen LogP contribution is -2.33. The van der Waals surface area contributed by atoms with Gasteiger partial charge in [0, 0.05) is 18.6 Å². The van der Waals surface area contributed by atoms with Gasteiger partial charge in [0.2, 0.25) is 11.8 Å². The van der Waals surface area contributed by atoms with Crippen molar-refractivity contribution in [3.63, 3.8) is 0 Å². The number of hydrogen-bond acceptors (Lipinski definition) is 6. The van der Waals surface area contributed by atoms with Crippen LogP contribution in [0.15, 0.2) is 71.5 Å². The third-order valence-corrected chi connectivity index (χ3v) is 5.72. The van der Waals surface area contributed by atoms with Gasteiger partial charge in [-0.05, 0) is 37.3 Å². The van der Waals surface area contributed by atoms with Crippen molar-refractivity contribution in [1.82, 2.24) is 9.55 Å². The van der Waals surface area contributed by atoms with E-state index in [0.29, 0.717) is 39.5 Å². The number of hydrogen-bond donors (Lipinski definition) is 2. The molecule has 4 aromatic rings. The molecule has 2 amide bonds. The average molecular weight is 487 g/mol. The Hall–Kier alpha value is -4.66. The molecule has 0 aliphatic carbocycles. The number of aromatic nitrogens is 2. The second-order valence-corrected chi connectivity index (χ2v) is 8.08. The van der Waals surface area contributed by atoms with E-state index in [4.69, 9.17) is 9.47 Å². The van der Waals surface area contributed by atoms with Crippen LogP contribution in [0.1, 0.15) is 19.9 Å². The molecule has 1 atom stereocenters. The van der Waals surface area contributed by atoms with Crippen LogP contribution >= 0.6 is 0 Å². The first-order valence-corrected chi connectivity index (χ1v) is 11.2. The summed E-state index contributed by atoms with van der Waals surface area (Å²) in [5, 5.41) is 5.58. The number of methoxy groups -OCH3 is 2. The van der Waals surface area contributed by atoms with Gasteiger partial charge in [-0.3, -0.25) is 19.0 Å². The Morgan fingerprint density at radius 1 is 0.917 bits per heavy atom. The van der Waals surface area contributed by atoms with E-state index in [0.717, 1.165) is 0 Å². The molecule has 0 spiro atoms. The quantitative estimate of drug-likeness (QED) is 0.404. The Morgan fingerprint density at radius 2 is 1.64 bits per heavy atom. The SMILES string of the molecule is COc1ccc(OC)c(NC(=O)[C@@H](C)n2c(=O)c(-c3ccccc3NC(C)=O)nc3ccccc32)c1. The molecular weight excluding hydrogens is 460 g/mol. The zero-order valence-corrected chi connectivity index (χ0v) is 20.4. The lowest BCUT2D eigenvalue weighted by Gasteiger charge is -2.20. The van der Waals surface area contributed by atoms with Crippen LogP contribution < -0.4 is 25.7 Å². The van der Waals surface area contributed by atoms with E-state index in [1.54, 1.807) is 73.7 Å². The van der Waals surface area contributed by atoms with Crippen molar-refractivity contribution < 1.29 is 19.1 Å². The standard InChI is InChI=1S/C27H26N4O5/c1-16(26(33)30-22-15-18(35-3)13-14-24(22)36-4)31-23-12-8-7-11-21(23)29-25(27(31)34)19-9-5-6-10-20(19)28-17(2)32/h5-16H,1-4H3,(H,28,32)(H,30,33)/t16-/m1/s1. The van der Waals surface area contributed by atoms with Gasteiger partial charge in [-0.25, -0.2) is 4.98 Å². The summed E-state index contributed by atoms with van der Waals surface area (Å²) in [5.74, 6) is 0.292. The second-order valence-electron chi connectivity index (χ2n) is 8.08. The number of amides is 2. The average Bonchev–Trinajstić information content (AvgIpc) is 2.88. The van der Waals surface area contributed by atoms with E-state index in [1.807, 2.05) is 0 Å². The fraction of sp³-hybridized carbons (Fsp3) is 0.185. The molecule has 36 heavy (non-hydrogen) atoms. The predicted octanol–water partition coefficient (Wildman–Crippen LogP) is 4.24. The molecule has 1 heterocycles. The molecule has 9 heteroatoms. The largest absolute Gasteiger partial charge is 0.497 e. The van der Waals surface area contributed by atoms with E-state index in [1.165, 1.54) is 25.7 Å². The number of nitrogens with one attached hydrogen (secondary N) is 2. The maximum atomic E-state index is 13.8. The number of ether oxygens (including phenoxy) is 2. The molecule has 0 saturated carbocycles. The fourth-order valence-electron chi connectivity index (χ4n) is 3.97. The third-order valence-electron chi connectivity index (χ3n) is 5.72. The monoisotopic (exact) mass is 486 g/mol. The summed E-state index contributed by atoms with van der Waals surface area (Å²) in [6.07, 6.45) is 0. The fourth-order valence-corrected chi connectivity index (χ4v) is 3.97. The summed E-state index contributed by atoms with van der Waals surface area (Å²) in [7, 11) is 3.03. The van der Waals surface area contributed by atoms with Crippen molar-refractivity contribution >= 4 is 34.2 Å². The number of anilines is 2. The molecule has 184 valence electrons. The minimum Gasteiger partial charge on any atom is -0.497 e. The summed E-state index contributed by atoms with van der Waals surface area (Å²) in [6, 6.07) is 18.1. The van der Waals surface area contributed by atoms with Gasteiger partial charge in [0.15, 0.2) is 0 Å². The van der Waals surface area contributed by atoms with Gasteiger partial charge in [0.25, 0.3) is 5.56 Å². The molecule has 9 nitrogen and oxygen atoms in total. The highest BCUT2D eigenvalue weighted by molar-refractivity contribution is 5.97. The molecule has 4 rings (SSSR count). The van der Waals surface area contributed by atoms with Gasteiger partial charge >= 0.3 is 0 Å². The molecule has 0 unspecified atom stereocenters. The Labute approximate surface area is 207 Å². The maximum Gasteiger partial charge on any atom is 0.278 e. The van der Waals surface area contributed by atoms with Gasteiger partial charge in [0.1, 0.15) is 23.2 Å². The minimum absolute atomic E-state index is 0.122. The van der Waals surface area contributed by atoms with E-state index < -0.39 is 17.5 Å². The first-order chi connectivity index (χ1) is 17.3. The summed E-state index contributed by atoms with van der Waals surface area (Å²) in [4.78, 5) is 43.5. The van der Waals surface area contributed by atoms with Gasteiger partial charge in [-0.1, -0.05) is 30.3 Å². The van der Waals surface area contributed by atoms with Crippen LogP contribution in [0.3, 0.4) is 0 Å². The Morgan fingerprint density at radius 3 is 2.36 bits per heavy atom. The Bertz CT molecular complexity index is 1510. The number of rotatable bonds is 7. The molecule has 0 aliphatic heterocycles. The van der Waals surface area contributed by atoms with Gasteiger partial charge in [-0.2, -0.15) is 0 Å². The van der Waals surface area contributed by atoms with Crippen LogP contribution in [0, 0.1) is 0 Å². The number of carbonyl (C=O) groups excluding carboxylic acids is 2. The van der Waals surface area contributed by atoms with Crippen molar-refractivity contribution in [2.24, 2.45) is 0 Å². The number of fused-ring (bicyclic) bond motifs is 1. The van der Waals surface area contributed by atoms with E-state index in [-0.39, 0.29) is 11.6 Å². The summed E-state index contributed by atoms with van der Waals surface area (Å²) >= 11 is 0. The maximum absolute atomic E-state index is 13.8. The van der Waals surface area contributed by atoms with E-state index >= 15 is 0 Å². The molecule has 0 aliphatic rings. The number of carbonyl (C=O) groups is 2.